The zero-order chi connectivity index (χ0) is 18.2. The lowest BCUT2D eigenvalue weighted by Gasteiger charge is -2.50. The number of aliphatic hydroxyl groups excluding tert-OH is 1. The minimum Gasteiger partial charge on any atom is -0.519 e. The van der Waals surface area contributed by atoms with E-state index >= 15 is 0 Å². The van der Waals surface area contributed by atoms with E-state index < -0.39 is 0 Å². The van der Waals surface area contributed by atoms with Crippen molar-refractivity contribution in [2.24, 2.45) is 17.3 Å². The van der Waals surface area contributed by atoms with Crippen LogP contribution in [0, 0.1) is 17.3 Å². The molecule has 5 atom stereocenters. The van der Waals surface area contributed by atoms with Gasteiger partial charge < -0.3 is 14.4 Å². The second-order valence-electron chi connectivity index (χ2n) is 9.24. The van der Waals surface area contributed by atoms with Crippen molar-refractivity contribution in [3.63, 3.8) is 0 Å². The molecule has 0 radical (unpaired) electrons. The Morgan fingerprint density at radius 1 is 1.15 bits per heavy atom. The van der Waals surface area contributed by atoms with Gasteiger partial charge in [-0.3, -0.25) is 0 Å². The fourth-order valence-electron chi connectivity index (χ4n) is 6.61. The van der Waals surface area contributed by atoms with E-state index in [1.165, 1.54) is 30.4 Å². The predicted octanol–water partition coefficient (Wildman–Crippen LogP) is 4.35. The second-order valence-corrected chi connectivity index (χ2v) is 9.24. The van der Waals surface area contributed by atoms with Crippen molar-refractivity contribution < 1.29 is 14.4 Å². The van der Waals surface area contributed by atoms with Crippen molar-refractivity contribution in [3.05, 3.63) is 52.7 Å². The molecular formula is C23H25BO3. The first-order chi connectivity index (χ1) is 13.1. The molecule has 2 saturated carbocycles. The summed E-state index contributed by atoms with van der Waals surface area (Å²) in [6.45, 7) is 2.33. The van der Waals surface area contributed by atoms with Gasteiger partial charge >= 0.3 is 7.12 Å². The molecule has 0 saturated heterocycles. The van der Waals surface area contributed by atoms with Crippen LogP contribution in [0.25, 0.3) is 0 Å². The highest BCUT2D eigenvalue weighted by molar-refractivity contribution is 6.57. The third kappa shape index (κ3) is 2.20. The number of aliphatic hydroxyl groups is 1. The van der Waals surface area contributed by atoms with Crippen molar-refractivity contribution in [2.75, 3.05) is 0 Å². The number of hydrogen-bond donors (Lipinski definition) is 1. The highest BCUT2D eigenvalue weighted by atomic mass is 16.6. The summed E-state index contributed by atoms with van der Waals surface area (Å²) in [7, 11) is -0.366. The molecular weight excluding hydrogens is 335 g/mol. The standard InChI is InChI=1S/C23H25BO3/c1-23-11-10-16-17(19(23)8-9-22(23)25)7-6-14-12-20-21(13-18(14)16)27-24(26-20)15-4-2-3-5-15/h2-4,12-13,16-17,19,22,25H,6-11H2,1H3/t16-,17+,19-,22-,23-/m0/s1. The molecule has 4 aliphatic carbocycles. The Labute approximate surface area is 160 Å². The Bertz CT molecular complexity index is 912. The highest BCUT2D eigenvalue weighted by Gasteiger charge is 2.54. The summed E-state index contributed by atoms with van der Waals surface area (Å²) >= 11 is 0. The third-order valence-corrected chi connectivity index (χ3v) is 8.08. The Hall–Kier alpha value is -1.90. The zero-order valence-corrected chi connectivity index (χ0v) is 15.8. The van der Waals surface area contributed by atoms with Crippen LogP contribution in [0.3, 0.4) is 0 Å². The molecule has 1 aliphatic heterocycles. The van der Waals surface area contributed by atoms with E-state index in [9.17, 15) is 5.11 Å². The van der Waals surface area contributed by atoms with E-state index in [4.69, 9.17) is 9.31 Å². The molecule has 0 spiro atoms. The van der Waals surface area contributed by atoms with Crippen LogP contribution < -0.4 is 9.31 Å². The number of fused-ring (bicyclic) bond motifs is 6. The van der Waals surface area contributed by atoms with Gasteiger partial charge in [0.15, 0.2) is 0 Å². The van der Waals surface area contributed by atoms with Crippen molar-refractivity contribution in [3.8, 4) is 11.5 Å². The zero-order valence-electron chi connectivity index (χ0n) is 15.8. The maximum atomic E-state index is 10.6. The van der Waals surface area contributed by atoms with Crippen molar-refractivity contribution in [1.82, 2.24) is 0 Å². The third-order valence-electron chi connectivity index (χ3n) is 8.08. The van der Waals surface area contributed by atoms with Crippen molar-refractivity contribution in [2.45, 2.75) is 57.5 Å². The van der Waals surface area contributed by atoms with Crippen molar-refractivity contribution in [1.29, 1.82) is 0 Å². The molecule has 1 N–H and O–H groups in total. The van der Waals surface area contributed by atoms with Gasteiger partial charge in [0.1, 0.15) is 11.5 Å². The molecule has 27 heavy (non-hydrogen) atoms. The number of allylic oxidation sites excluding steroid dienone is 3. The lowest BCUT2D eigenvalue weighted by atomic mass is 9.55. The van der Waals surface area contributed by atoms with Crippen LogP contribution in [0.4, 0.5) is 0 Å². The van der Waals surface area contributed by atoms with E-state index in [0.29, 0.717) is 17.8 Å². The normalized spacial score (nSPS) is 37.9. The molecule has 5 aliphatic rings. The molecule has 1 aromatic rings. The average Bonchev–Trinajstić information content (AvgIpc) is 3.39. The molecule has 1 heterocycles. The predicted molar refractivity (Wildman–Crippen MR) is 105 cm³/mol. The molecule has 4 heteroatoms. The first-order valence-corrected chi connectivity index (χ1v) is 10.4. The van der Waals surface area contributed by atoms with E-state index in [1.807, 2.05) is 18.2 Å². The average molecular weight is 360 g/mol. The van der Waals surface area contributed by atoms with Crippen LogP contribution >= 0.6 is 0 Å². The topological polar surface area (TPSA) is 38.7 Å². The molecule has 0 aromatic heterocycles. The fraction of sp³-hybridized carbons (Fsp3) is 0.522. The van der Waals surface area contributed by atoms with Gasteiger partial charge in [-0.2, -0.15) is 0 Å². The molecule has 0 amide bonds. The summed E-state index contributed by atoms with van der Waals surface area (Å²) in [4.78, 5) is 0. The number of rotatable bonds is 1. The first-order valence-electron chi connectivity index (χ1n) is 10.4. The van der Waals surface area contributed by atoms with Crippen molar-refractivity contribution >= 4 is 7.12 Å². The van der Waals surface area contributed by atoms with Gasteiger partial charge in [0.25, 0.3) is 0 Å². The quantitative estimate of drug-likeness (QED) is 0.598. The van der Waals surface area contributed by atoms with E-state index in [-0.39, 0.29) is 18.6 Å². The van der Waals surface area contributed by atoms with Gasteiger partial charge in [0, 0.05) is 0 Å². The minimum absolute atomic E-state index is 0.108. The molecule has 0 bridgehead atoms. The summed E-state index contributed by atoms with van der Waals surface area (Å²) in [5.41, 5.74) is 7.19. The lowest BCUT2D eigenvalue weighted by molar-refractivity contribution is -0.0226. The molecule has 2 fully saturated rings. The Balaban J connectivity index is 1.33. The summed E-state index contributed by atoms with van der Waals surface area (Å²) in [5.74, 6) is 3.73. The van der Waals surface area contributed by atoms with Crippen LogP contribution in [-0.2, 0) is 6.42 Å². The van der Waals surface area contributed by atoms with Crippen LogP contribution in [0.5, 0.6) is 11.5 Å². The molecule has 6 rings (SSSR count). The molecule has 3 nitrogen and oxygen atoms in total. The summed E-state index contributed by atoms with van der Waals surface area (Å²) in [6, 6.07) is 4.49. The first kappa shape index (κ1) is 16.1. The van der Waals surface area contributed by atoms with Crippen LogP contribution in [0.1, 0.15) is 56.1 Å². The molecule has 1 aromatic carbocycles. The summed E-state index contributed by atoms with van der Waals surface area (Å²) in [5, 5.41) is 10.6. The van der Waals surface area contributed by atoms with Gasteiger partial charge in [-0.1, -0.05) is 19.1 Å². The Morgan fingerprint density at radius 3 is 2.81 bits per heavy atom. The lowest BCUT2D eigenvalue weighted by Crippen LogP contribution is -2.43. The number of hydrogen-bond acceptors (Lipinski definition) is 3. The van der Waals surface area contributed by atoms with Crippen LogP contribution in [-0.4, -0.2) is 18.3 Å². The van der Waals surface area contributed by atoms with E-state index in [0.717, 1.165) is 36.2 Å². The Kier molecular flexibility index (Phi) is 3.31. The van der Waals surface area contributed by atoms with Gasteiger partial charge in [0.05, 0.1) is 11.6 Å². The maximum Gasteiger partial charge on any atom is 0.641 e. The van der Waals surface area contributed by atoms with Gasteiger partial charge in [-0.05, 0) is 91.0 Å². The van der Waals surface area contributed by atoms with Crippen LogP contribution in [0.15, 0.2) is 41.6 Å². The monoisotopic (exact) mass is 360 g/mol. The molecule has 138 valence electrons. The van der Waals surface area contributed by atoms with Gasteiger partial charge in [0.2, 0.25) is 0 Å². The van der Waals surface area contributed by atoms with Crippen LogP contribution in [0.2, 0.25) is 0 Å². The second kappa shape index (κ2) is 5.56. The molecule has 0 unspecified atom stereocenters. The van der Waals surface area contributed by atoms with E-state index in [2.05, 4.69) is 24.8 Å². The van der Waals surface area contributed by atoms with Gasteiger partial charge in [-0.25, -0.2) is 0 Å². The van der Waals surface area contributed by atoms with Gasteiger partial charge in [-0.15, -0.1) is 5.73 Å². The van der Waals surface area contributed by atoms with E-state index in [1.54, 1.807) is 0 Å². The smallest absolute Gasteiger partial charge is 0.519 e. The largest absolute Gasteiger partial charge is 0.641 e. The number of aryl methyl sites for hydroxylation is 1. The SMILES string of the molecule is C[C@]12CC[C@@H]3c4cc5c(cc4CC[C@H]3[C@@H]1CC[C@@H]2O)OB(C1=C=CC=C1)O5. The maximum absolute atomic E-state index is 10.6. The number of benzene rings is 1. The summed E-state index contributed by atoms with van der Waals surface area (Å²) < 4.78 is 12.2. The minimum atomic E-state index is -0.366. The fourth-order valence-corrected chi connectivity index (χ4v) is 6.61. The summed E-state index contributed by atoms with van der Waals surface area (Å²) in [6.07, 6.45) is 12.6. The Morgan fingerprint density at radius 2 is 2.00 bits per heavy atom. The highest BCUT2D eigenvalue weighted by Crippen LogP contribution is 2.61.